The summed E-state index contributed by atoms with van der Waals surface area (Å²) >= 11 is 0. The second-order valence-corrected chi connectivity index (χ2v) is 7.29. The Balaban J connectivity index is 0.00000240. The van der Waals surface area contributed by atoms with E-state index in [4.69, 9.17) is 15.2 Å². The molecule has 2 aliphatic rings. The fourth-order valence-electron chi connectivity index (χ4n) is 3.96. The summed E-state index contributed by atoms with van der Waals surface area (Å²) in [5.74, 6) is -1.78. The van der Waals surface area contributed by atoms with Crippen molar-refractivity contribution in [3.05, 3.63) is 33.9 Å². The lowest BCUT2D eigenvalue weighted by Gasteiger charge is -2.24. The summed E-state index contributed by atoms with van der Waals surface area (Å²) in [4.78, 5) is 26.0. The van der Waals surface area contributed by atoms with E-state index in [2.05, 4.69) is 0 Å². The molecule has 4 rings (SSSR count). The molecule has 1 aromatic carbocycles. The van der Waals surface area contributed by atoms with E-state index in [1.165, 1.54) is 13.3 Å². The predicted molar refractivity (Wildman–Crippen MR) is 108 cm³/mol. The van der Waals surface area contributed by atoms with Crippen LogP contribution in [-0.2, 0) is 4.74 Å². The van der Waals surface area contributed by atoms with Crippen LogP contribution in [0.3, 0.4) is 0 Å². The Bertz CT molecular complexity index is 1020. The predicted octanol–water partition coefficient (Wildman–Crippen LogP) is 1.77. The molecular weight excluding hydrogens is 405 g/mol. The van der Waals surface area contributed by atoms with Crippen molar-refractivity contribution in [2.75, 3.05) is 32.2 Å². The van der Waals surface area contributed by atoms with Crippen LogP contribution < -0.4 is 20.8 Å². The van der Waals surface area contributed by atoms with Crippen molar-refractivity contribution in [1.29, 1.82) is 0 Å². The molecule has 0 unspecified atom stereocenters. The molecule has 1 aliphatic carbocycles. The van der Waals surface area contributed by atoms with E-state index in [0.717, 1.165) is 18.9 Å². The van der Waals surface area contributed by atoms with Gasteiger partial charge >= 0.3 is 5.97 Å². The highest BCUT2D eigenvalue weighted by Gasteiger charge is 2.36. The summed E-state index contributed by atoms with van der Waals surface area (Å²) < 4.78 is 27.8. The number of anilines is 1. The second-order valence-electron chi connectivity index (χ2n) is 7.29. The number of aromatic nitrogens is 1. The van der Waals surface area contributed by atoms with Crippen molar-refractivity contribution in [2.24, 2.45) is 5.73 Å². The van der Waals surface area contributed by atoms with Crippen LogP contribution in [0.25, 0.3) is 10.9 Å². The smallest absolute Gasteiger partial charge is 0.341 e. The molecule has 3 N–H and O–H groups in total. The molecule has 10 heteroatoms. The highest BCUT2D eigenvalue weighted by atomic mass is 35.5. The molecule has 0 radical (unpaired) electrons. The van der Waals surface area contributed by atoms with Gasteiger partial charge in [0.15, 0.2) is 11.6 Å². The van der Waals surface area contributed by atoms with Gasteiger partial charge in [-0.1, -0.05) is 0 Å². The van der Waals surface area contributed by atoms with Crippen molar-refractivity contribution >= 4 is 35.0 Å². The van der Waals surface area contributed by atoms with Crippen LogP contribution in [0.5, 0.6) is 5.75 Å². The largest absolute Gasteiger partial charge is 0.492 e. The number of aromatic carboxylic acids is 1. The van der Waals surface area contributed by atoms with E-state index in [1.807, 2.05) is 0 Å². The average molecular weight is 428 g/mol. The summed E-state index contributed by atoms with van der Waals surface area (Å²) in [6.45, 7) is 0.759. The first-order valence-corrected chi connectivity index (χ1v) is 9.09. The lowest BCUT2D eigenvalue weighted by atomic mass is 10.1. The quantitative estimate of drug-likeness (QED) is 0.748. The molecule has 1 aromatic heterocycles. The summed E-state index contributed by atoms with van der Waals surface area (Å²) in [7, 11) is 2.97. The fourth-order valence-corrected chi connectivity index (χ4v) is 3.96. The lowest BCUT2D eigenvalue weighted by molar-refractivity contribution is 0.0694. The van der Waals surface area contributed by atoms with Crippen LogP contribution >= 0.6 is 12.4 Å². The van der Waals surface area contributed by atoms with Gasteiger partial charge in [-0.25, -0.2) is 9.18 Å². The van der Waals surface area contributed by atoms with E-state index in [1.54, 1.807) is 16.6 Å². The van der Waals surface area contributed by atoms with E-state index >= 15 is 4.39 Å². The molecule has 0 amide bonds. The molecule has 1 aliphatic heterocycles. The molecule has 8 nitrogen and oxygen atoms in total. The minimum absolute atomic E-state index is 0. The molecule has 1 saturated carbocycles. The van der Waals surface area contributed by atoms with Crippen molar-refractivity contribution in [3.63, 3.8) is 0 Å². The third-order valence-corrected chi connectivity index (χ3v) is 5.50. The molecule has 2 aromatic rings. The number of benzene rings is 1. The van der Waals surface area contributed by atoms with Crippen LogP contribution in [-0.4, -0.2) is 55.1 Å². The zero-order valence-electron chi connectivity index (χ0n) is 16.1. The number of carboxylic acid groups (broad SMARTS) is 1. The zero-order chi connectivity index (χ0) is 20.2. The Morgan fingerprint density at radius 3 is 2.52 bits per heavy atom. The maximum Gasteiger partial charge on any atom is 0.341 e. The van der Waals surface area contributed by atoms with Gasteiger partial charge in [-0.15, -0.1) is 12.4 Å². The van der Waals surface area contributed by atoms with Gasteiger partial charge in [0.05, 0.1) is 30.2 Å². The molecule has 2 heterocycles. The van der Waals surface area contributed by atoms with E-state index in [-0.39, 0.29) is 53.0 Å². The Kier molecular flexibility index (Phi) is 5.75. The van der Waals surface area contributed by atoms with Crippen LogP contribution in [0.1, 0.15) is 29.2 Å². The molecule has 158 valence electrons. The normalized spacial score (nSPS) is 21.3. The molecule has 0 spiro atoms. The number of carbonyl (C=O) groups is 1. The summed E-state index contributed by atoms with van der Waals surface area (Å²) in [5, 5.41) is 9.38. The minimum atomic E-state index is -1.33. The SMILES string of the molecule is COc1c(N2C[C@@H](N)[C@H](OC)C2)c(F)cc2c(=O)c(C(=O)O)cn(C3CC3)c12.Cl. The number of nitrogens with zero attached hydrogens (tertiary/aromatic N) is 2. The van der Waals surface area contributed by atoms with Gasteiger partial charge in [0, 0.05) is 32.4 Å². The molecule has 2 atom stereocenters. The summed E-state index contributed by atoms with van der Waals surface area (Å²) in [6.07, 6.45) is 2.79. The van der Waals surface area contributed by atoms with Gasteiger partial charge < -0.3 is 29.8 Å². The van der Waals surface area contributed by atoms with E-state index < -0.39 is 17.2 Å². The van der Waals surface area contributed by atoms with Gasteiger partial charge in [0.2, 0.25) is 5.43 Å². The number of fused-ring (bicyclic) bond motifs is 1. The Morgan fingerprint density at radius 1 is 1.31 bits per heavy atom. The highest BCUT2D eigenvalue weighted by molar-refractivity contribution is 5.97. The van der Waals surface area contributed by atoms with Gasteiger partial charge in [0.25, 0.3) is 0 Å². The standard InChI is InChI=1S/C19H22FN3O5.ClH/c1-27-14-8-22(7-13(14)21)16-12(20)5-10-15(18(16)28-2)23(9-3-4-9)6-11(17(10)24)19(25)26;/h5-6,9,13-14H,3-4,7-8,21H2,1-2H3,(H,25,26);1H/t13-,14-;/m1./s1. The van der Waals surface area contributed by atoms with E-state index in [9.17, 15) is 14.7 Å². The van der Waals surface area contributed by atoms with Gasteiger partial charge in [-0.05, 0) is 18.9 Å². The highest BCUT2D eigenvalue weighted by Crippen LogP contribution is 2.44. The molecule has 29 heavy (non-hydrogen) atoms. The number of hydrogen-bond acceptors (Lipinski definition) is 6. The number of hydrogen-bond donors (Lipinski definition) is 2. The maximum atomic E-state index is 15.1. The monoisotopic (exact) mass is 427 g/mol. The van der Waals surface area contributed by atoms with Crippen LogP contribution in [0.15, 0.2) is 17.1 Å². The Hall–Kier alpha value is -2.36. The maximum absolute atomic E-state index is 15.1. The zero-order valence-corrected chi connectivity index (χ0v) is 16.9. The number of rotatable bonds is 5. The van der Waals surface area contributed by atoms with Gasteiger partial charge in [-0.2, -0.15) is 0 Å². The van der Waals surface area contributed by atoms with Crippen LogP contribution in [0.4, 0.5) is 10.1 Å². The Morgan fingerprint density at radius 2 is 2.00 bits per heavy atom. The number of ether oxygens (including phenoxy) is 2. The second kappa shape index (κ2) is 7.81. The topological polar surface area (TPSA) is 107 Å². The number of carboxylic acids is 1. The first kappa shape index (κ1) is 21.4. The minimum Gasteiger partial charge on any atom is -0.492 e. The number of pyridine rings is 1. The molecule has 2 fully saturated rings. The molecular formula is C19H23ClFN3O5. The number of halogens is 2. The van der Waals surface area contributed by atoms with Gasteiger partial charge in [0.1, 0.15) is 11.3 Å². The fraction of sp³-hybridized carbons (Fsp3) is 0.474. The lowest BCUT2D eigenvalue weighted by Crippen LogP contribution is -2.34. The van der Waals surface area contributed by atoms with E-state index in [0.29, 0.717) is 18.6 Å². The molecule has 1 saturated heterocycles. The van der Waals surface area contributed by atoms with Crippen LogP contribution in [0, 0.1) is 5.82 Å². The van der Waals surface area contributed by atoms with Crippen molar-refractivity contribution in [2.45, 2.75) is 31.0 Å². The third-order valence-electron chi connectivity index (χ3n) is 5.50. The van der Waals surface area contributed by atoms with Crippen LogP contribution in [0.2, 0.25) is 0 Å². The van der Waals surface area contributed by atoms with Crippen molar-refractivity contribution in [3.8, 4) is 5.75 Å². The van der Waals surface area contributed by atoms with Gasteiger partial charge in [-0.3, -0.25) is 4.79 Å². The number of methoxy groups -OCH3 is 2. The average Bonchev–Trinajstić information content (AvgIpc) is 3.43. The number of nitrogens with two attached hydrogens (primary N) is 1. The molecule has 0 bridgehead atoms. The summed E-state index contributed by atoms with van der Waals surface area (Å²) in [5.41, 5.74) is 5.60. The first-order chi connectivity index (χ1) is 13.4. The third kappa shape index (κ3) is 3.43. The Labute approximate surface area is 172 Å². The summed E-state index contributed by atoms with van der Waals surface area (Å²) in [6, 6.07) is 0.873. The van der Waals surface area contributed by atoms with Crippen molar-refractivity contribution in [1.82, 2.24) is 4.57 Å². The van der Waals surface area contributed by atoms with Crippen molar-refractivity contribution < 1.29 is 23.8 Å². The first-order valence-electron chi connectivity index (χ1n) is 9.09.